The Kier molecular flexibility index (Phi) is 4.77. The van der Waals surface area contributed by atoms with Crippen LogP contribution in [-0.2, 0) is 0 Å². The van der Waals surface area contributed by atoms with Crippen LogP contribution in [0.15, 0.2) is 79.1 Å². The van der Waals surface area contributed by atoms with Gasteiger partial charge in [-0.3, -0.25) is 15.1 Å². The lowest BCUT2D eigenvalue weighted by atomic mass is 10.1. The van der Waals surface area contributed by atoms with Gasteiger partial charge in [0.15, 0.2) is 5.13 Å². The third kappa shape index (κ3) is 3.78. The molecule has 1 amide bonds. The minimum absolute atomic E-state index is 0.216. The molecule has 4 rings (SSSR count). The first-order valence-electron chi connectivity index (χ1n) is 8.55. The first-order chi connectivity index (χ1) is 13.2. The minimum atomic E-state index is -0.216. The lowest BCUT2D eigenvalue weighted by molar-refractivity contribution is 0.102. The summed E-state index contributed by atoms with van der Waals surface area (Å²) in [5, 5.41) is 3.47. The lowest BCUT2D eigenvalue weighted by Crippen LogP contribution is -2.11. The summed E-state index contributed by atoms with van der Waals surface area (Å²) in [6, 6.07) is 21.8. The van der Waals surface area contributed by atoms with E-state index >= 15 is 0 Å². The molecule has 0 aliphatic heterocycles. The molecule has 0 radical (unpaired) electrons. The summed E-state index contributed by atoms with van der Waals surface area (Å²) >= 11 is 1.47. The zero-order valence-electron chi connectivity index (χ0n) is 14.7. The number of aromatic nitrogens is 2. The van der Waals surface area contributed by atoms with E-state index in [1.54, 1.807) is 24.5 Å². The maximum atomic E-state index is 12.5. The van der Waals surface area contributed by atoms with Crippen molar-refractivity contribution in [3.63, 3.8) is 0 Å². The molecule has 4 nitrogen and oxygen atoms in total. The van der Waals surface area contributed by atoms with Gasteiger partial charge in [-0.25, -0.2) is 4.98 Å². The number of thiazole rings is 1. The molecule has 0 aliphatic rings. The van der Waals surface area contributed by atoms with Gasteiger partial charge in [0.05, 0.1) is 16.1 Å². The predicted molar refractivity (Wildman–Crippen MR) is 110 cm³/mol. The first-order valence-corrected chi connectivity index (χ1v) is 9.37. The Morgan fingerprint density at radius 3 is 2.41 bits per heavy atom. The fraction of sp³-hybridized carbons (Fsp3) is 0.0455. The fourth-order valence-electron chi connectivity index (χ4n) is 2.73. The number of aryl methyl sites for hydroxylation is 1. The van der Waals surface area contributed by atoms with Crippen LogP contribution in [0.5, 0.6) is 0 Å². The maximum absolute atomic E-state index is 12.5. The summed E-state index contributed by atoms with van der Waals surface area (Å²) in [5.74, 6) is -0.216. The van der Waals surface area contributed by atoms with E-state index in [1.807, 2.05) is 30.3 Å². The highest BCUT2D eigenvalue weighted by atomic mass is 32.1. The number of rotatable bonds is 4. The van der Waals surface area contributed by atoms with Crippen LogP contribution < -0.4 is 5.32 Å². The van der Waals surface area contributed by atoms with Crippen LogP contribution in [0.3, 0.4) is 0 Å². The number of carbonyl (C=O) groups excluding carboxylic acids is 1. The Labute approximate surface area is 161 Å². The Balaban J connectivity index is 1.74. The molecule has 5 heteroatoms. The SMILES string of the molecule is Cc1ccc(-c2sc(NC(=O)c3cccnc3)nc2-c2ccccc2)cc1. The molecular formula is C22H17N3OS. The van der Waals surface area contributed by atoms with E-state index < -0.39 is 0 Å². The Morgan fingerprint density at radius 1 is 0.926 bits per heavy atom. The van der Waals surface area contributed by atoms with E-state index in [9.17, 15) is 4.79 Å². The fourth-order valence-corrected chi connectivity index (χ4v) is 3.72. The molecule has 1 N–H and O–H groups in total. The highest BCUT2D eigenvalue weighted by Gasteiger charge is 2.17. The minimum Gasteiger partial charge on any atom is -0.298 e. The molecule has 27 heavy (non-hydrogen) atoms. The van der Waals surface area contributed by atoms with Crippen LogP contribution >= 0.6 is 11.3 Å². The molecule has 2 aromatic carbocycles. The summed E-state index contributed by atoms with van der Waals surface area (Å²) in [7, 11) is 0. The zero-order valence-corrected chi connectivity index (χ0v) is 15.5. The van der Waals surface area contributed by atoms with Gasteiger partial charge in [-0.05, 0) is 24.6 Å². The van der Waals surface area contributed by atoms with E-state index in [1.165, 1.54) is 16.9 Å². The Bertz CT molecular complexity index is 1060. The summed E-state index contributed by atoms with van der Waals surface area (Å²) in [4.78, 5) is 22.2. The number of carbonyl (C=O) groups is 1. The number of nitrogens with one attached hydrogen (secondary N) is 1. The van der Waals surface area contributed by atoms with Gasteiger partial charge in [0, 0.05) is 18.0 Å². The number of pyridine rings is 1. The van der Waals surface area contributed by atoms with Gasteiger partial charge in [0.25, 0.3) is 5.91 Å². The third-order valence-electron chi connectivity index (χ3n) is 4.13. The molecule has 2 aromatic heterocycles. The van der Waals surface area contributed by atoms with E-state index in [2.05, 4.69) is 41.5 Å². The number of benzene rings is 2. The summed E-state index contributed by atoms with van der Waals surface area (Å²) in [6.45, 7) is 2.06. The molecule has 132 valence electrons. The lowest BCUT2D eigenvalue weighted by Gasteiger charge is -2.03. The number of anilines is 1. The Morgan fingerprint density at radius 2 is 1.70 bits per heavy atom. The maximum Gasteiger partial charge on any atom is 0.259 e. The molecule has 0 saturated carbocycles. The van der Waals surface area contributed by atoms with Crippen LogP contribution in [0, 0.1) is 6.92 Å². The molecular weight excluding hydrogens is 354 g/mol. The van der Waals surface area contributed by atoms with Gasteiger partial charge in [-0.1, -0.05) is 71.5 Å². The van der Waals surface area contributed by atoms with Crippen molar-refractivity contribution in [2.75, 3.05) is 5.32 Å². The van der Waals surface area contributed by atoms with Crippen molar-refractivity contribution in [3.8, 4) is 21.7 Å². The summed E-state index contributed by atoms with van der Waals surface area (Å²) in [6.07, 6.45) is 3.19. The second kappa shape index (κ2) is 7.51. The molecule has 4 aromatic rings. The summed E-state index contributed by atoms with van der Waals surface area (Å²) in [5.41, 5.74) is 4.68. The largest absolute Gasteiger partial charge is 0.298 e. The highest BCUT2D eigenvalue weighted by molar-refractivity contribution is 7.19. The standard InChI is InChI=1S/C22H17N3OS/c1-15-9-11-17(12-10-15)20-19(16-6-3-2-4-7-16)24-22(27-20)25-21(26)18-8-5-13-23-14-18/h2-14H,1H3,(H,24,25,26). The highest BCUT2D eigenvalue weighted by Crippen LogP contribution is 2.39. The number of hydrogen-bond donors (Lipinski definition) is 1. The molecule has 0 bridgehead atoms. The van der Waals surface area contributed by atoms with Gasteiger partial charge in [-0.2, -0.15) is 0 Å². The van der Waals surface area contributed by atoms with E-state index in [0.717, 1.165) is 21.7 Å². The third-order valence-corrected chi connectivity index (χ3v) is 5.15. The van der Waals surface area contributed by atoms with Crippen LogP contribution in [0.4, 0.5) is 5.13 Å². The molecule has 0 saturated heterocycles. The second-order valence-corrected chi connectivity index (χ2v) is 7.12. The van der Waals surface area contributed by atoms with Crippen molar-refractivity contribution in [2.24, 2.45) is 0 Å². The topological polar surface area (TPSA) is 54.9 Å². The van der Waals surface area contributed by atoms with Gasteiger partial charge in [0.1, 0.15) is 0 Å². The van der Waals surface area contributed by atoms with Crippen LogP contribution in [-0.4, -0.2) is 15.9 Å². The van der Waals surface area contributed by atoms with Crippen molar-refractivity contribution in [2.45, 2.75) is 6.92 Å². The second-order valence-electron chi connectivity index (χ2n) is 6.12. The molecule has 0 atom stereocenters. The van der Waals surface area contributed by atoms with Crippen molar-refractivity contribution in [1.82, 2.24) is 9.97 Å². The van der Waals surface area contributed by atoms with Crippen molar-refractivity contribution in [3.05, 3.63) is 90.3 Å². The molecule has 0 unspecified atom stereocenters. The molecule has 0 fully saturated rings. The predicted octanol–water partition coefficient (Wildman–Crippen LogP) is 5.43. The van der Waals surface area contributed by atoms with Gasteiger partial charge >= 0.3 is 0 Å². The molecule has 0 spiro atoms. The van der Waals surface area contributed by atoms with Gasteiger partial charge in [0.2, 0.25) is 0 Å². The Hall–Kier alpha value is -3.31. The van der Waals surface area contributed by atoms with Gasteiger partial charge < -0.3 is 0 Å². The normalized spacial score (nSPS) is 10.6. The van der Waals surface area contributed by atoms with Crippen molar-refractivity contribution in [1.29, 1.82) is 0 Å². The van der Waals surface area contributed by atoms with E-state index in [0.29, 0.717) is 10.7 Å². The average molecular weight is 371 g/mol. The molecule has 2 heterocycles. The number of amides is 1. The quantitative estimate of drug-likeness (QED) is 0.520. The average Bonchev–Trinajstić information content (AvgIpc) is 3.13. The number of nitrogens with zero attached hydrogens (tertiary/aromatic N) is 2. The zero-order chi connectivity index (χ0) is 18.6. The summed E-state index contributed by atoms with van der Waals surface area (Å²) < 4.78 is 0. The van der Waals surface area contributed by atoms with Crippen molar-refractivity contribution < 1.29 is 4.79 Å². The molecule has 0 aliphatic carbocycles. The number of hydrogen-bond acceptors (Lipinski definition) is 4. The van der Waals surface area contributed by atoms with Gasteiger partial charge in [-0.15, -0.1) is 0 Å². The van der Waals surface area contributed by atoms with Crippen LogP contribution in [0.2, 0.25) is 0 Å². The smallest absolute Gasteiger partial charge is 0.259 e. The monoisotopic (exact) mass is 371 g/mol. The first kappa shape index (κ1) is 17.1. The van der Waals surface area contributed by atoms with Crippen LogP contribution in [0.1, 0.15) is 15.9 Å². The van der Waals surface area contributed by atoms with E-state index in [4.69, 9.17) is 4.98 Å². The van der Waals surface area contributed by atoms with E-state index in [-0.39, 0.29) is 5.91 Å². The van der Waals surface area contributed by atoms with Crippen LogP contribution in [0.25, 0.3) is 21.7 Å². The van der Waals surface area contributed by atoms with Crippen molar-refractivity contribution >= 4 is 22.4 Å².